The van der Waals surface area contributed by atoms with Crippen LogP contribution in [0.3, 0.4) is 0 Å². The van der Waals surface area contributed by atoms with Gasteiger partial charge in [0.2, 0.25) is 0 Å². The van der Waals surface area contributed by atoms with E-state index in [9.17, 15) is 0 Å². The summed E-state index contributed by atoms with van der Waals surface area (Å²) in [4.78, 5) is 4.77. The highest BCUT2D eigenvalue weighted by Gasteiger charge is 2.55. The molecule has 0 amide bonds. The second kappa shape index (κ2) is 3.35. The fraction of sp³-hybridized carbons (Fsp3) is 0.467. The van der Waals surface area contributed by atoms with Crippen LogP contribution in [0.15, 0.2) is 18.2 Å². The lowest BCUT2D eigenvalue weighted by atomic mass is 10.1. The molecule has 0 radical (unpaired) electrons. The van der Waals surface area contributed by atoms with Gasteiger partial charge in [-0.25, -0.2) is 4.98 Å². The minimum Gasteiger partial charge on any atom is -0.331 e. The highest BCUT2D eigenvalue weighted by molar-refractivity contribution is 5.82. The van der Waals surface area contributed by atoms with E-state index in [2.05, 4.69) is 23.8 Å². The Balaban J connectivity index is 1.88. The van der Waals surface area contributed by atoms with Crippen molar-refractivity contribution in [1.29, 1.82) is 5.26 Å². The first-order valence-corrected chi connectivity index (χ1v) is 6.66. The fourth-order valence-electron chi connectivity index (χ4n) is 3.83. The largest absolute Gasteiger partial charge is 0.331 e. The lowest BCUT2D eigenvalue weighted by Crippen LogP contribution is -1.98. The number of benzene rings is 1. The highest BCUT2D eigenvalue weighted by Crippen LogP contribution is 2.62. The van der Waals surface area contributed by atoms with Crippen molar-refractivity contribution in [3.63, 3.8) is 0 Å². The monoisotopic (exact) mass is 237 g/mol. The molecule has 2 aromatic rings. The first kappa shape index (κ1) is 10.1. The Bertz CT molecular complexity index is 667. The van der Waals surface area contributed by atoms with Gasteiger partial charge in [-0.05, 0) is 36.8 Å². The number of aromatic nitrogens is 2. The summed E-state index contributed by atoms with van der Waals surface area (Å²) in [7, 11) is 2.08. The quantitative estimate of drug-likeness (QED) is 0.765. The average Bonchev–Trinajstić information content (AvgIpc) is 2.77. The molecule has 0 saturated heterocycles. The molecule has 0 aliphatic heterocycles. The fourth-order valence-corrected chi connectivity index (χ4v) is 3.83. The van der Waals surface area contributed by atoms with E-state index < -0.39 is 0 Å². The Morgan fingerprint density at radius 3 is 2.83 bits per heavy atom. The maximum atomic E-state index is 9.15. The van der Waals surface area contributed by atoms with Crippen LogP contribution >= 0.6 is 0 Å². The number of rotatable bonds is 1. The van der Waals surface area contributed by atoms with Gasteiger partial charge in [-0.15, -0.1) is 0 Å². The van der Waals surface area contributed by atoms with E-state index in [0.29, 0.717) is 11.5 Å². The van der Waals surface area contributed by atoms with Crippen LogP contribution in [0.5, 0.6) is 0 Å². The molecular formula is C15H15N3. The van der Waals surface area contributed by atoms with Crippen LogP contribution in [0.25, 0.3) is 11.0 Å². The van der Waals surface area contributed by atoms with E-state index in [1.54, 1.807) is 0 Å². The van der Waals surface area contributed by atoms with Gasteiger partial charge in [-0.2, -0.15) is 5.26 Å². The third-order valence-corrected chi connectivity index (χ3v) is 4.77. The minimum atomic E-state index is 0.655. The molecule has 2 atom stereocenters. The molecule has 4 rings (SSSR count). The van der Waals surface area contributed by atoms with Crippen LogP contribution in [-0.4, -0.2) is 9.55 Å². The second-order valence-electron chi connectivity index (χ2n) is 5.60. The van der Waals surface area contributed by atoms with Crippen LogP contribution in [-0.2, 0) is 7.05 Å². The standard InChI is InChI=1S/C15H15N3/c1-18-12-7-2-4-9(8-16)14(12)17-15(18)13-10-5-3-6-11(10)13/h2,4,7,10-11,13H,3,5-6H2,1H3. The molecule has 1 heterocycles. The minimum absolute atomic E-state index is 0.655. The first-order chi connectivity index (χ1) is 8.81. The summed E-state index contributed by atoms with van der Waals surface area (Å²) in [6, 6.07) is 8.10. The summed E-state index contributed by atoms with van der Waals surface area (Å²) < 4.78 is 2.19. The Morgan fingerprint density at radius 2 is 2.11 bits per heavy atom. The molecule has 2 fully saturated rings. The molecule has 1 aromatic carbocycles. The summed E-state index contributed by atoms with van der Waals surface area (Å²) in [5, 5.41) is 9.15. The number of imidazole rings is 1. The van der Waals surface area contributed by atoms with E-state index in [0.717, 1.165) is 22.9 Å². The zero-order chi connectivity index (χ0) is 12.3. The van der Waals surface area contributed by atoms with Gasteiger partial charge in [0.15, 0.2) is 0 Å². The molecule has 0 bridgehead atoms. The van der Waals surface area contributed by atoms with E-state index in [-0.39, 0.29) is 0 Å². The molecule has 3 nitrogen and oxygen atoms in total. The zero-order valence-corrected chi connectivity index (χ0v) is 10.4. The number of fused-ring (bicyclic) bond motifs is 2. The van der Waals surface area contributed by atoms with E-state index in [1.807, 2.05) is 12.1 Å². The average molecular weight is 237 g/mol. The Kier molecular flexibility index (Phi) is 1.89. The number of hydrogen-bond acceptors (Lipinski definition) is 2. The molecule has 18 heavy (non-hydrogen) atoms. The number of hydrogen-bond donors (Lipinski definition) is 0. The lowest BCUT2D eigenvalue weighted by Gasteiger charge is -2.03. The zero-order valence-electron chi connectivity index (χ0n) is 10.4. The number of para-hydroxylation sites is 1. The van der Waals surface area contributed by atoms with Gasteiger partial charge in [-0.1, -0.05) is 12.5 Å². The Hall–Kier alpha value is -1.82. The highest BCUT2D eigenvalue weighted by atomic mass is 15.1. The summed E-state index contributed by atoms with van der Waals surface area (Å²) >= 11 is 0. The van der Waals surface area contributed by atoms with E-state index >= 15 is 0 Å². The molecule has 2 aliphatic rings. The van der Waals surface area contributed by atoms with Crippen molar-refractivity contribution in [2.24, 2.45) is 18.9 Å². The molecule has 3 heteroatoms. The van der Waals surface area contributed by atoms with Gasteiger partial charge in [0.1, 0.15) is 17.4 Å². The molecular weight excluding hydrogens is 222 g/mol. The van der Waals surface area contributed by atoms with Crippen molar-refractivity contribution in [2.75, 3.05) is 0 Å². The van der Waals surface area contributed by atoms with Crippen molar-refractivity contribution in [3.05, 3.63) is 29.6 Å². The van der Waals surface area contributed by atoms with Crippen molar-refractivity contribution in [3.8, 4) is 6.07 Å². The Labute approximate surface area is 106 Å². The normalized spacial score (nSPS) is 29.2. The molecule has 2 unspecified atom stereocenters. The first-order valence-electron chi connectivity index (χ1n) is 6.66. The van der Waals surface area contributed by atoms with Crippen molar-refractivity contribution < 1.29 is 0 Å². The van der Waals surface area contributed by atoms with Gasteiger partial charge < -0.3 is 4.57 Å². The molecule has 1 aromatic heterocycles. The summed E-state index contributed by atoms with van der Waals surface area (Å²) in [6.07, 6.45) is 4.12. The van der Waals surface area contributed by atoms with E-state index in [4.69, 9.17) is 10.2 Å². The smallest absolute Gasteiger partial charge is 0.113 e. The van der Waals surface area contributed by atoms with Gasteiger partial charge in [0, 0.05) is 13.0 Å². The maximum absolute atomic E-state index is 9.15. The summed E-state index contributed by atoms with van der Waals surface area (Å²) in [5.74, 6) is 3.59. The van der Waals surface area contributed by atoms with Crippen LogP contribution in [0.2, 0.25) is 0 Å². The van der Waals surface area contributed by atoms with Gasteiger partial charge >= 0.3 is 0 Å². The topological polar surface area (TPSA) is 41.6 Å². The summed E-state index contributed by atoms with van der Waals surface area (Å²) in [5.41, 5.74) is 2.66. The lowest BCUT2D eigenvalue weighted by molar-refractivity contribution is 0.642. The van der Waals surface area contributed by atoms with Crippen molar-refractivity contribution >= 4 is 11.0 Å². The SMILES string of the molecule is Cn1c(C2C3CCCC32)nc2c(C#N)cccc21. The third-order valence-electron chi connectivity index (χ3n) is 4.77. The van der Waals surface area contributed by atoms with E-state index in [1.165, 1.54) is 25.1 Å². The van der Waals surface area contributed by atoms with Gasteiger partial charge in [-0.3, -0.25) is 0 Å². The van der Waals surface area contributed by atoms with Crippen LogP contribution in [0.4, 0.5) is 0 Å². The van der Waals surface area contributed by atoms with Crippen molar-refractivity contribution in [2.45, 2.75) is 25.2 Å². The molecule has 0 spiro atoms. The predicted octanol–water partition coefficient (Wildman–Crippen LogP) is 2.96. The maximum Gasteiger partial charge on any atom is 0.113 e. The number of aryl methyl sites for hydroxylation is 1. The molecule has 2 saturated carbocycles. The summed E-state index contributed by atoms with van der Waals surface area (Å²) in [6.45, 7) is 0. The van der Waals surface area contributed by atoms with Crippen LogP contribution < -0.4 is 0 Å². The number of nitrogens with zero attached hydrogens (tertiary/aromatic N) is 3. The Morgan fingerprint density at radius 1 is 1.33 bits per heavy atom. The van der Waals surface area contributed by atoms with Gasteiger partial charge in [0.05, 0.1) is 11.1 Å². The second-order valence-corrected chi connectivity index (χ2v) is 5.60. The number of nitriles is 1. The molecule has 0 N–H and O–H groups in total. The molecule has 2 aliphatic carbocycles. The van der Waals surface area contributed by atoms with Crippen LogP contribution in [0.1, 0.15) is 36.6 Å². The third kappa shape index (κ3) is 1.16. The predicted molar refractivity (Wildman–Crippen MR) is 69.0 cm³/mol. The van der Waals surface area contributed by atoms with Crippen LogP contribution in [0, 0.1) is 23.2 Å². The van der Waals surface area contributed by atoms with Crippen molar-refractivity contribution in [1.82, 2.24) is 9.55 Å². The molecule has 90 valence electrons. The van der Waals surface area contributed by atoms with Gasteiger partial charge in [0.25, 0.3) is 0 Å².